The van der Waals surface area contributed by atoms with Crippen LogP contribution in [0.1, 0.15) is 37.2 Å². The number of aliphatic hydroxyl groups excluding tert-OH is 1. The van der Waals surface area contributed by atoms with E-state index >= 15 is 0 Å². The van der Waals surface area contributed by atoms with Crippen molar-refractivity contribution >= 4 is 11.9 Å². The average Bonchev–Trinajstić information content (AvgIpc) is 2.76. The molecule has 96 valence electrons. The van der Waals surface area contributed by atoms with Crippen molar-refractivity contribution in [3.05, 3.63) is 17.9 Å². The Morgan fingerprint density at radius 1 is 1.41 bits per heavy atom. The Kier molecular flexibility index (Phi) is 5.03. The van der Waals surface area contributed by atoms with Crippen LogP contribution in [0.2, 0.25) is 0 Å². The fourth-order valence-corrected chi connectivity index (χ4v) is 1.75. The molecule has 1 rings (SSSR count). The lowest BCUT2D eigenvalue weighted by Gasteiger charge is -2.19. The highest BCUT2D eigenvalue weighted by Gasteiger charge is 2.16. The summed E-state index contributed by atoms with van der Waals surface area (Å²) in [5.41, 5.74) is 0. The van der Waals surface area contributed by atoms with E-state index in [-0.39, 0.29) is 11.7 Å². The van der Waals surface area contributed by atoms with Gasteiger partial charge in [-0.3, -0.25) is 0 Å². The second-order valence-electron chi connectivity index (χ2n) is 3.99. The zero-order valence-electron chi connectivity index (χ0n) is 10.1. The number of hydrogen-bond acceptors (Lipinski definition) is 4. The van der Waals surface area contributed by atoms with Gasteiger partial charge < -0.3 is 19.9 Å². The normalized spacial score (nSPS) is 12.7. The van der Waals surface area contributed by atoms with Crippen LogP contribution in [0.15, 0.2) is 16.5 Å². The molecule has 0 saturated carbocycles. The first kappa shape index (κ1) is 13.6. The summed E-state index contributed by atoms with van der Waals surface area (Å²) in [6, 6.07) is 2.93. The van der Waals surface area contributed by atoms with Crippen molar-refractivity contribution < 1.29 is 19.4 Å². The summed E-state index contributed by atoms with van der Waals surface area (Å²) in [6.07, 6.45) is 1.37. The Bertz CT molecular complexity index is 357. The minimum atomic E-state index is -1.10. The number of rotatable bonds is 7. The third kappa shape index (κ3) is 3.78. The SMILES string of the molecule is CCC(CC)C(O)CNc1ccc(C(=O)O)o1. The maximum atomic E-state index is 10.6. The zero-order chi connectivity index (χ0) is 12.8. The maximum Gasteiger partial charge on any atom is 0.371 e. The van der Waals surface area contributed by atoms with E-state index in [1.54, 1.807) is 6.07 Å². The van der Waals surface area contributed by atoms with Crippen LogP contribution in [-0.4, -0.2) is 28.8 Å². The number of aromatic carboxylic acids is 1. The van der Waals surface area contributed by atoms with Crippen molar-refractivity contribution in [2.45, 2.75) is 32.8 Å². The minimum Gasteiger partial charge on any atom is -0.475 e. The number of carboxylic acids is 1. The van der Waals surface area contributed by atoms with Crippen molar-refractivity contribution in [1.82, 2.24) is 0 Å². The summed E-state index contributed by atoms with van der Waals surface area (Å²) in [5, 5.41) is 21.4. The minimum absolute atomic E-state index is 0.107. The van der Waals surface area contributed by atoms with Crippen LogP contribution in [0, 0.1) is 5.92 Å². The van der Waals surface area contributed by atoms with Gasteiger partial charge in [-0.15, -0.1) is 0 Å². The number of anilines is 1. The second kappa shape index (κ2) is 6.30. The summed E-state index contributed by atoms with van der Waals surface area (Å²) in [4.78, 5) is 10.6. The Hall–Kier alpha value is -1.49. The lowest BCUT2D eigenvalue weighted by Crippen LogP contribution is -2.27. The number of carbonyl (C=O) groups is 1. The van der Waals surface area contributed by atoms with Crippen molar-refractivity contribution in [3.8, 4) is 0 Å². The molecule has 1 aromatic heterocycles. The van der Waals surface area contributed by atoms with Crippen molar-refractivity contribution in [3.63, 3.8) is 0 Å². The van der Waals surface area contributed by atoms with Gasteiger partial charge in [0.2, 0.25) is 5.76 Å². The van der Waals surface area contributed by atoms with Crippen molar-refractivity contribution in [2.75, 3.05) is 11.9 Å². The number of furan rings is 1. The van der Waals surface area contributed by atoms with Crippen LogP contribution in [-0.2, 0) is 0 Å². The van der Waals surface area contributed by atoms with E-state index < -0.39 is 12.1 Å². The second-order valence-corrected chi connectivity index (χ2v) is 3.99. The highest BCUT2D eigenvalue weighted by atomic mass is 16.4. The van der Waals surface area contributed by atoms with E-state index in [0.29, 0.717) is 12.4 Å². The Labute approximate surface area is 100 Å². The Morgan fingerprint density at radius 3 is 2.53 bits per heavy atom. The highest BCUT2D eigenvalue weighted by molar-refractivity contribution is 5.84. The molecule has 0 aliphatic heterocycles. The summed E-state index contributed by atoms with van der Waals surface area (Å²) in [5.74, 6) is -0.591. The van der Waals surface area contributed by atoms with Crippen LogP contribution in [0.25, 0.3) is 0 Å². The molecular formula is C12H19NO4. The molecule has 3 N–H and O–H groups in total. The maximum absolute atomic E-state index is 10.6. The molecule has 0 aliphatic rings. The smallest absolute Gasteiger partial charge is 0.371 e. The molecule has 17 heavy (non-hydrogen) atoms. The van der Waals surface area contributed by atoms with E-state index in [9.17, 15) is 9.90 Å². The number of hydrogen-bond donors (Lipinski definition) is 3. The third-order valence-corrected chi connectivity index (χ3v) is 2.90. The van der Waals surface area contributed by atoms with E-state index in [1.165, 1.54) is 6.07 Å². The molecule has 0 radical (unpaired) electrons. The van der Waals surface area contributed by atoms with Gasteiger partial charge in [0, 0.05) is 12.6 Å². The topological polar surface area (TPSA) is 82.7 Å². The highest BCUT2D eigenvalue weighted by Crippen LogP contribution is 2.16. The molecule has 0 aromatic carbocycles. The van der Waals surface area contributed by atoms with E-state index in [0.717, 1.165) is 12.8 Å². The quantitative estimate of drug-likeness (QED) is 0.681. The summed E-state index contributed by atoms with van der Waals surface area (Å²) < 4.78 is 5.02. The largest absolute Gasteiger partial charge is 0.475 e. The van der Waals surface area contributed by atoms with Gasteiger partial charge in [-0.05, 0) is 12.0 Å². The lowest BCUT2D eigenvalue weighted by atomic mass is 9.97. The molecule has 5 heteroatoms. The van der Waals surface area contributed by atoms with Crippen LogP contribution >= 0.6 is 0 Å². The number of nitrogens with one attached hydrogen (secondary N) is 1. The molecule has 0 saturated heterocycles. The molecule has 0 amide bonds. The zero-order valence-corrected chi connectivity index (χ0v) is 10.1. The van der Waals surface area contributed by atoms with Gasteiger partial charge in [-0.2, -0.15) is 0 Å². The van der Waals surface area contributed by atoms with Crippen LogP contribution < -0.4 is 5.32 Å². The predicted octanol–water partition coefficient (Wildman–Crippen LogP) is 2.19. The predicted molar refractivity (Wildman–Crippen MR) is 64.2 cm³/mol. The van der Waals surface area contributed by atoms with Gasteiger partial charge >= 0.3 is 5.97 Å². The van der Waals surface area contributed by atoms with Crippen LogP contribution in [0.3, 0.4) is 0 Å². The standard InChI is InChI=1S/C12H19NO4/c1-3-8(4-2)9(14)7-13-11-6-5-10(17-11)12(15)16/h5-6,8-9,13-14H,3-4,7H2,1-2H3,(H,15,16). The first-order valence-electron chi connectivity index (χ1n) is 5.83. The molecule has 1 aromatic rings. The molecule has 1 heterocycles. The fraction of sp³-hybridized carbons (Fsp3) is 0.583. The first-order chi connectivity index (χ1) is 8.08. The Morgan fingerprint density at radius 2 is 2.06 bits per heavy atom. The van der Waals surface area contributed by atoms with Crippen LogP contribution in [0.5, 0.6) is 0 Å². The number of aliphatic hydroxyl groups is 1. The number of carboxylic acid groups (broad SMARTS) is 1. The van der Waals surface area contributed by atoms with Gasteiger partial charge in [0.05, 0.1) is 6.10 Å². The lowest BCUT2D eigenvalue weighted by molar-refractivity contribution is 0.0663. The van der Waals surface area contributed by atoms with E-state index in [4.69, 9.17) is 9.52 Å². The van der Waals surface area contributed by atoms with Crippen molar-refractivity contribution in [1.29, 1.82) is 0 Å². The monoisotopic (exact) mass is 241 g/mol. The van der Waals surface area contributed by atoms with Gasteiger partial charge in [0.15, 0.2) is 5.88 Å². The molecule has 0 bridgehead atoms. The van der Waals surface area contributed by atoms with E-state index in [1.807, 2.05) is 13.8 Å². The molecule has 5 nitrogen and oxygen atoms in total. The summed E-state index contributed by atoms with van der Waals surface area (Å²) >= 11 is 0. The summed E-state index contributed by atoms with van der Waals surface area (Å²) in [6.45, 7) is 4.43. The first-order valence-corrected chi connectivity index (χ1v) is 5.83. The van der Waals surface area contributed by atoms with Gasteiger partial charge in [-0.1, -0.05) is 26.7 Å². The molecule has 0 aliphatic carbocycles. The molecule has 0 fully saturated rings. The van der Waals surface area contributed by atoms with Gasteiger partial charge in [0.25, 0.3) is 0 Å². The molecular weight excluding hydrogens is 222 g/mol. The van der Waals surface area contributed by atoms with Crippen molar-refractivity contribution in [2.24, 2.45) is 5.92 Å². The Balaban J connectivity index is 2.46. The van der Waals surface area contributed by atoms with Gasteiger partial charge in [-0.25, -0.2) is 4.79 Å². The molecule has 1 unspecified atom stereocenters. The molecule has 1 atom stereocenters. The van der Waals surface area contributed by atoms with Gasteiger partial charge in [0.1, 0.15) is 0 Å². The van der Waals surface area contributed by atoms with Crippen LogP contribution in [0.4, 0.5) is 5.88 Å². The molecule has 0 spiro atoms. The fourth-order valence-electron chi connectivity index (χ4n) is 1.75. The third-order valence-electron chi connectivity index (χ3n) is 2.90. The summed E-state index contributed by atoms with van der Waals surface area (Å²) in [7, 11) is 0. The van der Waals surface area contributed by atoms with E-state index in [2.05, 4.69) is 5.32 Å². The average molecular weight is 241 g/mol.